The fourth-order valence-electron chi connectivity index (χ4n) is 3.99. The summed E-state index contributed by atoms with van der Waals surface area (Å²) in [5, 5.41) is 4.85. The molecule has 0 unspecified atom stereocenters. The number of aromatic amines is 1. The Balaban J connectivity index is 1.24. The van der Waals surface area contributed by atoms with Crippen molar-refractivity contribution in [2.75, 3.05) is 26.2 Å². The molecule has 1 fully saturated rings. The topological polar surface area (TPSA) is 95.3 Å². The first-order valence-corrected chi connectivity index (χ1v) is 10.6. The van der Waals surface area contributed by atoms with Crippen LogP contribution in [0.25, 0.3) is 22.3 Å². The standard InChI is InChI=1S/C24H23N5O3/c1-16-6-8-17(9-7-16)23-26-22(32-27-23)15-28-10-12-29(13-11-28)24(31)19-14-21(30)25-20-5-3-2-4-18(19)20/h2-9,14H,10-13,15H2,1H3,(H,25,30). The highest BCUT2D eigenvalue weighted by atomic mass is 16.5. The number of amides is 1. The highest BCUT2D eigenvalue weighted by Gasteiger charge is 2.25. The van der Waals surface area contributed by atoms with Gasteiger partial charge in [-0.25, -0.2) is 0 Å². The Morgan fingerprint density at radius 2 is 1.81 bits per heavy atom. The van der Waals surface area contributed by atoms with Gasteiger partial charge in [-0.05, 0) is 13.0 Å². The second-order valence-corrected chi connectivity index (χ2v) is 8.04. The number of H-pyrrole nitrogens is 1. The number of nitrogens with zero attached hydrogens (tertiary/aromatic N) is 4. The Labute approximate surface area is 184 Å². The van der Waals surface area contributed by atoms with Gasteiger partial charge in [-0.1, -0.05) is 53.2 Å². The van der Waals surface area contributed by atoms with E-state index in [9.17, 15) is 9.59 Å². The van der Waals surface area contributed by atoms with Crippen LogP contribution in [-0.4, -0.2) is 57.0 Å². The van der Waals surface area contributed by atoms with Crippen LogP contribution in [0.3, 0.4) is 0 Å². The number of para-hydroxylation sites is 1. The van der Waals surface area contributed by atoms with Gasteiger partial charge in [0.15, 0.2) is 0 Å². The van der Waals surface area contributed by atoms with Crippen LogP contribution in [0.15, 0.2) is 63.9 Å². The van der Waals surface area contributed by atoms with Crippen molar-refractivity contribution in [3.8, 4) is 11.4 Å². The third-order valence-corrected chi connectivity index (χ3v) is 5.78. The largest absolute Gasteiger partial charge is 0.338 e. The normalized spacial score (nSPS) is 14.7. The Bertz CT molecular complexity index is 1320. The second kappa shape index (κ2) is 8.39. The average Bonchev–Trinajstić information content (AvgIpc) is 3.27. The molecule has 0 spiro atoms. The van der Waals surface area contributed by atoms with Crippen LogP contribution in [0, 0.1) is 6.92 Å². The van der Waals surface area contributed by atoms with Gasteiger partial charge in [0.05, 0.1) is 12.1 Å². The fourth-order valence-corrected chi connectivity index (χ4v) is 3.99. The summed E-state index contributed by atoms with van der Waals surface area (Å²) in [4.78, 5) is 36.4. The summed E-state index contributed by atoms with van der Waals surface area (Å²) < 4.78 is 5.44. The number of aromatic nitrogens is 3. The van der Waals surface area contributed by atoms with Gasteiger partial charge in [-0.2, -0.15) is 4.98 Å². The molecule has 4 aromatic rings. The molecule has 3 heterocycles. The second-order valence-electron chi connectivity index (χ2n) is 8.04. The van der Waals surface area contributed by atoms with E-state index in [0.29, 0.717) is 55.5 Å². The summed E-state index contributed by atoms with van der Waals surface area (Å²) in [6.45, 7) is 5.09. The van der Waals surface area contributed by atoms with E-state index in [2.05, 4.69) is 20.0 Å². The first-order valence-electron chi connectivity index (χ1n) is 10.6. The van der Waals surface area contributed by atoms with Crippen molar-refractivity contribution in [1.29, 1.82) is 0 Å². The number of fused-ring (bicyclic) bond motifs is 1. The molecule has 1 aliphatic heterocycles. The number of nitrogens with one attached hydrogen (secondary N) is 1. The van der Waals surface area contributed by atoms with Crippen molar-refractivity contribution < 1.29 is 9.32 Å². The van der Waals surface area contributed by atoms with E-state index < -0.39 is 0 Å². The maximum Gasteiger partial charge on any atom is 0.254 e. The molecule has 2 aromatic heterocycles. The van der Waals surface area contributed by atoms with E-state index in [1.807, 2.05) is 49.4 Å². The summed E-state index contributed by atoms with van der Waals surface area (Å²) in [7, 11) is 0. The molecule has 0 radical (unpaired) electrons. The zero-order valence-corrected chi connectivity index (χ0v) is 17.7. The van der Waals surface area contributed by atoms with Gasteiger partial charge in [0.2, 0.25) is 17.3 Å². The minimum Gasteiger partial charge on any atom is -0.338 e. The Morgan fingerprint density at radius 3 is 2.59 bits per heavy atom. The molecular weight excluding hydrogens is 406 g/mol. The van der Waals surface area contributed by atoms with Crippen LogP contribution >= 0.6 is 0 Å². The number of carbonyl (C=O) groups is 1. The zero-order valence-electron chi connectivity index (χ0n) is 17.7. The van der Waals surface area contributed by atoms with E-state index in [1.54, 1.807) is 11.0 Å². The molecule has 162 valence electrons. The fraction of sp³-hybridized carbons (Fsp3) is 0.250. The molecule has 0 aliphatic carbocycles. The van der Waals surface area contributed by atoms with E-state index in [1.165, 1.54) is 11.6 Å². The molecule has 8 nitrogen and oxygen atoms in total. The van der Waals surface area contributed by atoms with Gasteiger partial charge in [0, 0.05) is 48.7 Å². The molecule has 0 bridgehead atoms. The highest BCUT2D eigenvalue weighted by Crippen LogP contribution is 2.19. The number of rotatable bonds is 4. The first-order chi connectivity index (χ1) is 15.6. The first kappa shape index (κ1) is 20.1. The highest BCUT2D eigenvalue weighted by molar-refractivity contribution is 6.05. The molecule has 5 rings (SSSR count). The summed E-state index contributed by atoms with van der Waals surface area (Å²) in [6, 6.07) is 16.8. The number of hydrogen-bond acceptors (Lipinski definition) is 6. The third-order valence-electron chi connectivity index (χ3n) is 5.78. The third kappa shape index (κ3) is 4.04. The summed E-state index contributed by atoms with van der Waals surface area (Å²) in [5.41, 5.74) is 2.94. The average molecular weight is 429 g/mol. The van der Waals surface area contributed by atoms with Crippen LogP contribution in [-0.2, 0) is 6.54 Å². The Morgan fingerprint density at radius 1 is 1.06 bits per heavy atom. The molecule has 0 saturated carbocycles. The maximum absolute atomic E-state index is 13.1. The number of hydrogen-bond donors (Lipinski definition) is 1. The molecule has 8 heteroatoms. The van der Waals surface area contributed by atoms with Crippen molar-refractivity contribution >= 4 is 16.8 Å². The van der Waals surface area contributed by atoms with Gasteiger partial charge < -0.3 is 14.4 Å². The lowest BCUT2D eigenvalue weighted by molar-refractivity contribution is 0.0617. The molecule has 1 saturated heterocycles. The molecule has 2 aromatic carbocycles. The zero-order chi connectivity index (χ0) is 22.1. The van der Waals surface area contributed by atoms with Crippen LogP contribution in [0.4, 0.5) is 0 Å². The van der Waals surface area contributed by atoms with E-state index in [-0.39, 0.29) is 11.5 Å². The smallest absolute Gasteiger partial charge is 0.254 e. The Kier molecular flexibility index (Phi) is 5.28. The number of carbonyl (C=O) groups excluding carboxylic acids is 1. The summed E-state index contributed by atoms with van der Waals surface area (Å²) in [5.74, 6) is 1.02. The van der Waals surface area contributed by atoms with Crippen LogP contribution < -0.4 is 5.56 Å². The number of piperazine rings is 1. The van der Waals surface area contributed by atoms with Gasteiger partial charge in [-0.3, -0.25) is 14.5 Å². The van der Waals surface area contributed by atoms with Crippen molar-refractivity contribution in [2.45, 2.75) is 13.5 Å². The number of benzene rings is 2. The monoisotopic (exact) mass is 429 g/mol. The minimum atomic E-state index is -0.272. The van der Waals surface area contributed by atoms with Crippen LogP contribution in [0.5, 0.6) is 0 Å². The predicted octanol–water partition coefficient (Wildman–Crippen LogP) is 2.84. The molecule has 0 atom stereocenters. The number of aryl methyl sites for hydroxylation is 1. The summed E-state index contributed by atoms with van der Waals surface area (Å²) in [6.07, 6.45) is 0. The Hall–Kier alpha value is -3.78. The lowest BCUT2D eigenvalue weighted by atomic mass is 10.1. The number of pyridine rings is 1. The molecule has 1 N–H and O–H groups in total. The van der Waals surface area contributed by atoms with Gasteiger partial charge >= 0.3 is 0 Å². The van der Waals surface area contributed by atoms with E-state index >= 15 is 0 Å². The molecular formula is C24H23N5O3. The molecule has 1 aliphatic rings. The lowest BCUT2D eigenvalue weighted by Gasteiger charge is -2.34. The van der Waals surface area contributed by atoms with Crippen LogP contribution in [0.2, 0.25) is 0 Å². The van der Waals surface area contributed by atoms with E-state index in [0.717, 1.165) is 10.9 Å². The van der Waals surface area contributed by atoms with Crippen molar-refractivity contribution in [1.82, 2.24) is 24.9 Å². The predicted molar refractivity (Wildman–Crippen MR) is 120 cm³/mol. The minimum absolute atomic E-state index is 0.119. The summed E-state index contributed by atoms with van der Waals surface area (Å²) >= 11 is 0. The maximum atomic E-state index is 13.1. The lowest BCUT2D eigenvalue weighted by Crippen LogP contribution is -2.48. The van der Waals surface area contributed by atoms with Crippen molar-refractivity contribution in [3.05, 3.63) is 82.0 Å². The van der Waals surface area contributed by atoms with Crippen LogP contribution in [0.1, 0.15) is 21.8 Å². The molecule has 32 heavy (non-hydrogen) atoms. The quantitative estimate of drug-likeness (QED) is 0.536. The molecule has 1 amide bonds. The van der Waals surface area contributed by atoms with Crippen molar-refractivity contribution in [2.24, 2.45) is 0 Å². The van der Waals surface area contributed by atoms with E-state index in [4.69, 9.17) is 4.52 Å². The van der Waals surface area contributed by atoms with Gasteiger partial charge in [0.25, 0.3) is 5.91 Å². The van der Waals surface area contributed by atoms with Gasteiger partial charge in [0.1, 0.15) is 0 Å². The van der Waals surface area contributed by atoms with Crippen molar-refractivity contribution in [3.63, 3.8) is 0 Å². The SMILES string of the molecule is Cc1ccc(-c2noc(CN3CCN(C(=O)c4cc(=O)[nH]c5ccccc45)CC3)n2)cc1. The van der Waals surface area contributed by atoms with Gasteiger partial charge in [-0.15, -0.1) is 0 Å².